The second-order valence-corrected chi connectivity index (χ2v) is 5.34. The van der Waals surface area contributed by atoms with Crippen LogP contribution in [0.15, 0.2) is 60.7 Å². The lowest BCUT2D eigenvalue weighted by Gasteiger charge is -2.23. The van der Waals surface area contributed by atoms with Crippen LogP contribution >= 0.6 is 0 Å². The molecule has 0 unspecified atom stereocenters. The number of cyclic esters (lactones) is 1. The van der Waals surface area contributed by atoms with E-state index in [-0.39, 0.29) is 18.6 Å². The first-order valence-electron chi connectivity index (χ1n) is 7.28. The van der Waals surface area contributed by atoms with Crippen molar-refractivity contribution in [3.63, 3.8) is 0 Å². The molecule has 3 rings (SSSR count). The smallest absolute Gasteiger partial charge is 0.417 e. The standard InChI is InChI=1S/C18H17NO3/c1-13(14-8-4-2-5-9-14)17(20)19-16(12-22-18(19)21)15-10-6-3-7-11-15/h2-11,13,16H,12H2,1H3/t13-,16-/m1/s1. The molecule has 0 aromatic heterocycles. The molecule has 2 atom stereocenters. The number of amides is 2. The molecular weight excluding hydrogens is 278 g/mol. The summed E-state index contributed by atoms with van der Waals surface area (Å²) in [5.41, 5.74) is 1.79. The summed E-state index contributed by atoms with van der Waals surface area (Å²) in [5, 5.41) is 0. The van der Waals surface area contributed by atoms with Crippen LogP contribution in [0.1, 0.15) is 30.0 Å². The van der Waals surface area contributed by atoms with E-state index in [1.54, 1.807) is 0 Å². The van der Waals surface area contributed by atoms with Crippen molar-refractivity contribution < 1.29 is 14.3 Å². The normalized spacial score (nSPS) is 18.9. The number of ether oxygens (including phenoxy) is 1. The van der Waals surface area contributed by atoms with Gasteiger partial charge in [-0.15, -0.1) is 0 Å². The zero-order valence-corrected chi connectivity index (χ0v) is 12.3. The maximum Gasteiger partial charge on any atom is 0.417 e. The van der Waals surface area contributed by atoms with Crippen molar-refractivity contribution in [2.45, 2.75) is 18.9 Å². The predicted molar refractivity (Wildman–Crippen MR) is 82.2 cm³/mol. The second-order valence-electron chi connectivity index (χ2n) is 5.34. The maximum atomic E-state index is 12.8. The lowest BCUT2D eigenvalue weighted by molar-refractivity contribution is -0.130. The van der Waals surface area contributed by atoms with Gasteiger partial charge in [-0.2, -0.15) is 0 Å². The molecule has 1 heterocycles. The highest BCUT2D eigenvalue weighted by molar-refractivity contribution is 5.97. The lowest BCUT2D eigenvalue weighted by Crippen LogP contribution is -2.37. The third-order valence-electron chi connectivity index (χ3n) is 3.96. The van der Waals surface area contributed by atoms with Gasteiger partial charge in [0.25, 0.3) is 0 Å². The van der Waals surface area contributed by atoms with Crippen molar-refractivity contribution in [2.24, 2.45) is 0 Å². The van der Waals surface area contributed by atoms with Crippen molar-refractivity contribution in [2.75, 3.05) is 6.61 Å². The summed E-state index contributed by atoms with van der Waals surface area (Å²) in [6.07, 6.45) is -0.568. The highest BCUT2D eigenvalue weighted by atomic mass is 16.6. The summed E-state index contributed by atoms with van der Waals surface area (Å²) in [4.78, 5) is 26.0. The molecule has 0 saturated carbocycles. The Kier molecular flexibility index (Phi) is 3.92. The highest BCUT2D eigenvalue weighted by Crippen LogP contribution is 2.31. The molecule has 4 nitrogen and oxygen atoms in total. The molecular formula is C18H17NO3. The van der Waals surface area contributed by atoms with Gasteiger partial charge in [-0.25, -0.2) is 9.69 Å². The van der Waals surface area contributed by atoms with Crippen LogP contribution < -0.4 is 0 Å². The van der Waals surface area contributed by atoms with E-state index in [4.69, 9.17) is 4.74 Å². The van der Waals surface area contributed by atoms with Crippen LogP contribution in [0.25, 0.3) is 0 Å². The van der Waals surface area contributed by atoms with Gasteiger partial charge in [0.2, 0.25) is 5.91 Å². The van der Waals surface area contributed by atoms with E-state index in [1.165, 1.54) is 4.90 Å². The zero-order valence-electron chi connectivity index (χ0n) is 12.3. The van der Waals surface area contributed by atoms with Crippen molar-refractivity contribution >= 4 is 12.0 Å². The fraction of sp³-hybridized carbons (Fsp3) is 0.222. The monoisotopic (exact) mass is 295 g/mol. The first-order valence-corrected chi connectivity index (χ1v) is 7.28. The molecule has 0 aliphatic carbocycles. The molecule has 0 bridgehead atoms. The van der Waals surface area contributed by atoms with Gasteiger partial charge in [-0.3, -0.25) is 4.79 Å². The first-order chi connectivity index (χ1) is 10.7. The average molecular weight is 295 g/mol. The Balaban J connectivity index is 1.88. The van der Waals surface area contributed by atoms with Crippen molar-refractivity contribution in [1.82, 2.24) is 4.90 Å². The van der Waals surface area contributed by atoms with E-state index in [0.717, 1.165) is 11.1 Å². The van der Waals surface area contributed by atoms with Gasteiger partial charge in [0.15, 0.2) is 0 Å². The maximum absolute atomic E-state index is 12.8. The summed E-state index contributed by atoms with van der Waals surface area (Å²) in [6.45, 7) is 2.02. The van der Waals surface area contributed by atoms with Crippen LogP contribution in [-0.2, 0) is 9.53 Å². The molecule has 1 aliphatic rings. The van der Waals surface area contributed by atoms with E-state index in [0.29, 0.717) is 0 Å². The van der Waals surface area contributed by atoms with Crippen LogP contribution in [0, 0.1) is 0 Å². The SMILES string of the molecule is C[C@@H](C(=O)N1C(=O)OC[C@@H]1c1ccccc1)c1ccccc1. The minimum atomic E-state index is -0.568. The molecule has 2 aromatic carbocycles. The Morgan fingerprint density at radius 3 is 2.32 bits per heavy atom. The lowest BCUT2D eigenvalue weighted by atomic mass is 9.98. The number of nitrogens with zero attached hydrogens (tertiary/aromatic N) is 1. The molecule has 0 radical (unpaired) electrons. The number of imide groups is 1. The van der Waals surface area contributed by atoms with Crippen molar-refractivity contribution in [3.8, 4) is 0 Å². The van der Waals surface area contributed by atoms with Crippen LogP contribution in [-0.4, -0.2) is 23.5 Å². The number of benzene rings is 2. The summed E-state index contributed by atoms with van der Waals surface area (Å²) >= 11 is 0. The van der Waals surface area contributed by atoms with E-state index < -0.39 is 12.0 Å². The molecule has 2 amide bonds. The number of hydrogen-bond acceptors (Lipinski definition) is 3. The van der Waals surface area contributed by atoms with Gasteiger partial charge >= 0.3 is 6.09 Å². The third-order valence-corrected chi connectivity index (χ3v) is 3.96. The summed E-state index contributed by atoms with van der Waals surface area (Å²) in [5.74, 6) is -0.624. The van der Waals surface area contributed by atoms with Crippen LogP contribution in [0.5, 0.6) is 0 Å². The number of carbonyl (C=O) groups excluding carboxylic acids is 2. The molecule has 1 saturated heterocycles. The third kappa shape index (κ3) is 2.60. The number of rotatable bonds is 3. The minimum absolute atomic E-state index is 0.204. The molecule has 22 heavy (non-hydrogen) atoms. The molecule has 2 aromatic rings. The topological polar surface area (TPSA) is 46.6 Å². The summed E-state index contributed by atoms with van der Waals surface area (Å²) in [6, 6.07) is 18.6. The quantitative estimate of drug-likeness (QED) is 0.870. The Bertz CT molecular complexity index is 669. The van der Waals surface area contributed by atoms with Crippen molar-refractivity contribution in [3.05, 3.63) is 71.8 Å². The van der Waals surface area contributed by atoms with E-state index >= 15 is 0 Å². The Hall–Kier alpha value is -2.62. The van der Waals surface area contributed by atoms with Gasteiger partial charge < -0.3 is 4.74 Å². The Labute approximate surface area is 129 Å². The fourth-order valence-corrected chi connectivity index (χ4v) is 2.68. The van der Waals surface area contributed by atoms with Crippen LogP contribution in [0.4, 0.5) is 4.79 Å². The first kappa shape index (κ1) is 14.3. The molecule has 0 N–H and O–H groups in total. The van der Waals surface area contributed by atoms with Gasteiger partial charge in [0.05, 0.1) is 5.92 Å². The fourth-order valence-electron chi connectivity index (χ4n) is 2.68. The van der Waals surface area contributed by atoms with Gasteiger partial charge in [-0.05, 0) is 18.1 Å². The highest BCUT2D eigenvalue weighted by Gasteiger charge is 2.40. The number of carbonyl (C=O) groups is 2. The van der Waals surface area contributed by atoms with Crippen LogP contribution in [0.3, 0.4) is 0 Å². The van der Waals surface area contributed by atoms with Gasteiger partial charge in [0.1, 0.15) is 12.6 Å². The largest absolute Gasteiger partial charge is 0.446 e. The zero-order chi connectivity index (χ0) is 15.5. The summed E-state index contributed by atoms with van der Waals surface area (Å²) in [7, 11) is 0. The van der Waals surface area contributed by atoms with E-state index in [2.05, 4.69) is 0 Å². The second kappa shape index (κ2) is 6.02. The van der Waals surface area contributed by atoms with E-state index in [9.17, 15) is 9.59 Å². The van der Waals surface area contributed by atoms with E-state index in [1.807, 2.05) is 67.6 Å². The Morgan fingerprint density at radius 1 is 1.09 bits per heavy atom. The molecule has 1 fully saturated rings. The summed E-state index contributed by atoms with van der Waals surface area (Å²) < 4.78 is 5.11. The Morgan fingerprint density at radius 2 is 1.68 bits per heavy atom. The number of hydrogen-bond donors (Lipinski definition) is 0. The van der Waals surface area contributed by atoms with Crippen molar-refractivity contribution in [1.29, 1.82) is 0 Å². The van der Waals surface area contributed by atoms with Crippen LogP contribution in [0.2, 0.25) is 0 Å². The minimum Gasteiger partial charge on any atom is -0.446 e. The van der Waals surface area contributed by atoms with Gasteiger partial charge in [0, 0.05) is 0 Å². The molecule has 1 aliphatic heterocycles. The average Bonchev–Trinajstić information content (AvgIpc) is 2.96. The molecule has 4 heteroatoms. The molecule has 0 spiro atoms. The van der Waals surface area contributed by atoms with Gasteiger partial charge in [-0.1, -0.05) is 60.7 Å². The predicted octanol–water partition coefficient (Wildman–Crippen LogP) is 3.51. The molecule has 112 valence electrons.